The first-order chi connectivity index (χ1) is 13.1. The summed E-state index contributed by atoms with van der Waals surface area (Å²) in [6.07, 6.45) is 9.11. The van der Waals surface area contributed by atoms with E-state index in [2.05, 4.69) is 15.1 Å². The summed E-state index contributed by atoms with van der Waals surface area (Å²) in [6, 6.07) is 8.06. The molecule has 0 spiro atoms. The molecule has 140 valence electrons. The highest BCUT2D eigenvalue weighted by Gasteiger charge is 2.29. The van der Waals surface area contributed by atoms with Crippen LogP contribution >= 0.6 is 0 Å². The van der Waals surface area contributed by atoms with E-state index in [4.69, 9.17) is 0 Å². The van der Waals surface area contributed by atoms with Gasteiger partial charge in [0.25, 0.3) is 5.91 Å². The summed E-state index contributed by atoms with van der Waals surface area (Å²) < 4.78 is 1.75. The molecule has 1 saturated carbocycles. The lowest BCUT2D eigenvalue weighted by Gasteiger charge is -2.34. The summed E-state index contributed by atoms with van der Waals surface area (Å²) in [5, 5.41) is 4.41. The summed E-state index contributed by atoms with van der Waals surface area (Å²) in [7, 11) is 0. The third-order valence-corrected chi connectivity index (χ3v) is 5.34. The number of fused-ring (bicyclic) bond motifs is 1. The van der Waals surface area contributed by atoms with Crippen LogP contribution in [-0.2, 0) is 6.54 Å². The number of pyridine rings is 1. The minimum atomic E-state index is 0.0000491. The number of carbonyl (C=O) groups excluding carboxylic acids is 1. The zero-order valence-corrected chi connectivity index (χ0v) is 15.9. The summed E-state index contributed by atoms with van der Waals surface area (Å²) in [5.41, 5.74) is 3.99. The maximum absolute atomic E-state index is 13.6. The molecule has 0 radical (unpaired) electrons. The molecule has 6 heteroatoms. The first kappa shape index (κ1) is 17.6. The molecule has 0 aliphatic heterocycles. The maximum atomic E-state index is 13.6. The van der Waals surface area contributed by atoms with Gasteiger partial charge in [-0.25, -0.2) is 9.50 Å². The molecule has 0 saturated heterocycles. The number of aromatic nitrogens is 4. The lowest BCUT2D eigenvalue weighted by atomic mass is 9.93. The van der Waals surface area contributed by atoms with E-state index in [0.717, 1.165) is 29.9 Å². The first-order valence-corrected chi connectivity index (χ1v) is 9.66. The van der Waals surface area contributed by atoms with Crippen molar-refractivity contribution >= 4 is 11.6 Å². The molecule has 0 N–H and O–H groups in total. The third kappa shape index (κ3) is 3.56. The van der Waals surface area contributed by atoms with Gasteiger partial charge in [0.05, 0.1) is 18.4 Å². The highest BCUT2D eigenvalue weighted by molar-refractivity contribution is 5.99. The predicted octanol–water partition coefficient (Wildman–Crippen LogP) is 3.72. The second-order valence-electron chi connectivity index (χ2n) is 7.38. The normalized spacial score (nSPS) is 15.2. The van der Waals surface area contributed by atoms with Crippen molar-refractivity contribution in [3.63, 3.8) is 0 Å². The number of nitrogens with zero attached hydrogens (tertiary/aromatic N) is 5. The van der Waals surface area contributed by atoms with E-state index in [0.29, 0.717) is 17.8 Å². The highest BCUT2D eigenvalue weighted by atomic mass is 16.2. The highest BCUT2D eigenvalue weighted by Crippen LogP contribution is 2.26. The van der Waals surface area contributed by atoms with Gasteiger partial charge < -0.3 is 4.90 Å². The number of hydrogen-bond donors (Lipinski definition) is 0. The first-order valence-electron chi connectivity index (χ1n) is 9.66. The molecule has 0 bridgehead atoms. The Labute approximate surface area is 159 Å². The van der Waals surface area contributed by atoms with Crippen molar-refractivity contribution in [2.45, 2.75) is 58.5 Å². The quantitative estimate of drug-likeness (QED) is 0.709. The number of hydrogen-bond acceptors (Lipinski definition) is 4. The molecule has 0 atom stereocenters. The van der Waals surface area contributed by atoms with Crippen LogP contribution in [0.3, 0.4) is 0 Å². The molecule has 1 fully saturated rings. The molecule has 6 nitrogen and oxygen atoms in total. The SMILES string of the molecule is Cc1cc(C)n2ncc(C(=O)N(Cc3ccccn3)C3CCCCC3)c2n1. The zero-order valence-electron chi connectivity index (χ0n) is 15.9. The average molecular weight is 363 g/mol. The van der Waals surface area contributed by atoms with Crippen LogP contribution in [0, 0.1) is 13.8 Å². The van der Waals surface area contributed by atoms with Crippen molar-refractivity contribution in [1.29, 1.82) is 0 Å². The Bertz CT molecular complexity index is 944. The monoisotopic (exact) mass is 363 g/mol. The Balaban J connectivity index is 1.72. The number of amides is 1. The smallest absolute Gasteiger partial charge is 0.259 e. The maximum Gasteiger partial charge on any atom is 0.259 e. The van der Waals surface area contributed by atoms with Gasteiger partial charge in [-0.15, -0.1) is 0 Å². The summed E-state index contributed by atoms with van der Waals surface area (Å²) in [6.45, 7) is 4.45. The molecule has 1 aliphatic carbocycles. The van der Waals surface area contributed by atoms with E-state index < -0.39 is 0 Å². The second kappa shape index (κ2) is 7.47. The number of carbonyl (C=O) groups is 1. The van der Waals surface area contributed by atoms with Crippen LogP contribution in [0.4, 0.5) is 0 Å². The van der Waals surface area contributed by atoms with E-state index >= 15 is 0 Å². The van der Waals surface area contributed by atoms with Gasteiger partial charge in [0, 0.05) is 23.6 Å². The van der Waals surface area contributed by atoms with Crippen molar-refractivity contribution < 1.29 is 4.79 Å². The molecule has 4 rings (SSSR count). The van der Waals surface area contributed by atoms with E-state index in [9.17, 15) is 4.79 Å². The molecular weight excluding hydrogens is 338 g/mol. The lowest BCUT2D eigenvalue weighted by Crippen LogP contribution is -2.41. The molecule has 1 aliphatic rings. The second-order valence-corrected chi connectivity index (χ2v) is 7.38. The van der Waals surface area contributed by atoms with Gasteiger partial charge in [-0.2, -0.15) is 5.10 Å². The Morgan fingerprint density at radius 1 is 1.22 bits per heavy atom. The summed E-state index contributed by atoms with van der Waals surface area (Å²) in [5.74, 6) is 0.0000491. The Morgan fingerprint density at radius 2 is 2.04 bits per heavy atom. The fraction of sp³-hybridized carbons (Fsp3) is 0.429. The number of aryl methyl sites for hydroxylation is 2. The van der Waals surface area contributed by atoms with Crippen LogP contribution < -0.4 is 0 Å². The van der Waals surface area contributed by atoms with Crippen molar-refractivity contribution in [2.75, 3.05) is 0 Å². The Hall–Kier alpha value is -2.76. The topological polar surface area (TPSA) is 63.4 Å². The Morgan fingerprint density at radius 3 is 2.78 bits per heavy atom. The fourth-order valence-corrected chi connectivity index (χ4v) is 4.00. The molecular formula is C21H25N5O. The predicted molar refractivity (Wildman–Crippen MR) is 103 cm³/mol. The summed E-state index contributed by atoms with van der Waals surface area (Å²) in [4.78, 5) is 24.6. The fourth-order valence-electron chi connectivity index (χ4n) is 4.00. The largest absolute Gasteiger partial charge is 0.330 e. The molecule has 3 aromatic rings. The van der Waals surface area contributed by atoms with Crippen molar-refractivity contribution in [3.8, 4) is 0 Å². The van der Waals surface area contributed by atoms with Crippen LogP contribution in [0.1, 0.15) is 59.5 Å². The van der Waals surface area contributed by atoms with Gasteiger partial charge >= 0.3 is 0 Å². The third-order valence-electron chi connectivity index (χ3n) is 5.34. The van der Waals surface area contributed by atoms with Gasteiger partial charge in [-0.05, 0) is 44.9 Å². The van der Waals surface area contributed by atoms with Crippen molar-refractivity contribution in [2.24, 2.45) is 0 Å². The standard InChI is InChI=1S/C21H25N5O/c1-15-12-16(2)26-20(24-15)19(13-23-26)21(27)25(18-9-4-3-5-10-18)14-17-8-6-7-11-22-17/h6-8,11-13,18H,3-5,9-10,14H2,1-2H3. The van der Waals surface area contributed by atoms with Gasteiger partial charge in [0.15, 0.2) is 5.65 Å². The minimum Gasteiger partial charge on any atom is -0.330 e. The van der Waals surface area contributed by atoms with Gasteiger partial charge in [-0.1, -0.05) is 25.3 Å². The molecule has 3 heterocycles. The molecule has 27 heavy (non-hydrogen) atoms. The van der Waals surface area contributed by atoms with Gasteiger partial charge in [-0.3, -0.25) is 9.78 Å². The zero-order chi connectivity index (χ0) is 18.8. The van der Waals surface area contributed by atoms with Crippen molar-refractivity contribution in [1.82, 2.24) is 24.5 Å². The van der Waals surface area contributed by atoms with Crippen LogP contribution in [0.2, 0.25) is 0 Å². The average Bonchev–Trinajstić information content (AvgIpc) is 3.11. The van der Waals surface area contributed by atoms with Gasteiger partial charge in [0.2, 0.25) is 0 Å². The molecule has 0 aromatic carbocycles. The summed E-state index contributed by atoms with van der Waals surface area (Å²) >= 11 is 0. The molecule has 0 unspecified atom stereocenters. The van der Waals surface area contributed by atoms with Crippen LogP contribution in [-0.4, -0.2) is 36.4 Å². The van der Waals surface area contributed by atoms with Gasteiger partial charge in [0.1, 0.15) is 5.56 Å². The van der Waals surface area contributed by atoms with Crippen LogP contribution in [0.25, 0.3) is 5.65 Å². The van der Waals surface area contributed by atoms with E-state index in [1.807, 2.05) is 43.0 Å². The Kier molecular flexibility index (Phi) is 4.88. The van der Waals surface area contributed by atoms with E-state index in [-0.39, 0.29) is 11.9 Å². The van der Waals surface area contributed by atoms with E-state index in [1.54, 1.807) is 16.9 Å². The number of rotatable bonds is 4. The van der Waals surface area contributed by atoms with Crippen molar-refractivity contribution in [3.05, 3.63) is 59.3 Å². The molecule has 1 amide bonds. The minimum absolute atomic E-state index is 0.0000491. The van der Waals surface area contributed by atoms with Crippen LogP contribution in [0.15, 0.2) is 36.7 Å². The lowest BCUT2D eigenvalue weighted by molar-refractivity contribution is 0.0613. The van der Waals surface area contributed by atoms with Crippen LogP contribution in [0.5, 0.6) is 0 Å². The molecule has 3 aromatic heterocycles. The van der Waals surface area contributed by atoms with E-state index in [1.165, 1.54) is 19.3 Å².